The molecule has 0 heterocycles. The first-order valence-electron chi connectivity index (χ1n) is 6.06. The first-order chi connectivity index (χ1) is 9.28. The van der Waals surface area contributed by atoms with E-state index in [-0.39, 0.29) is 19.8 Å². The van der Waals surface area contributed by atoms with Crippen LogP contribution in [-0.4, -0.2) is 76.2 Å². The van der Waals surface area contributed by atoms with E-state index in [2.05, 4.69) is 10.7 Å². The zero-order valence-electron chi connectivity index (χ0n) is 10.9. The Labute approximate surface area is 123 Å². The van der Waals surface area contributed by atoms with Gasteiger partial charge in [-0.2, -0.15) is 0 Å². The summed E-state index contributed by atoms with van der Waals surface area (Å²) < 4.78 is 2.83. The van der Waals surface area contributed by atoms with Gasteiger partial charge in [0.1, 0.15) is 0 Å². The molecule has 19 heavy (non-hydrogen) atoms. The number of hydrogen-bond donors (Lipinski definition) is 3. The Morgan fingerprint density at radius 2 is 1.37 bits per heavy atom. The van der Waals surface area contributed by atoms with E-state index in [1.807, 2.05) is 46.8 Å². The zero-order chi connectivity index (χ0) is 14.3. The van der Waals surface area contributed by atoms with Gasteiger partial charge in [0.05, 0.1) is 19.8 Å². The summed E-state index contributed by atoms with van der Waals surface area (Å²) in [6.07, 6.45) is 0. The molecule has 5 heteroatoms. The van der Waals surface area contributed by atoms with E-state index in [0.29, 0.717) is 19.6 Å². The third-order valence-electron chi connectivity index (χ3n) is 2.23. The van der Waals surface area contributed by atoms with Crippen LogP contribution in [0.15, 0.2) is 30.3 Å². The topological polar surface area (TPSA) is 63.9 Å². The minimum absolute atomic E-state index is 0.0694. The summed E-state index contributed by atoms with van der Waals surface area (Å²) in [6, 6.07) is 9.95. The third kappa shape index (κ3) is 10.7. The first kappa shape index (κ1) is 18.2. The number of aliphatic hydroxyl groups is 3. The fourth-order valence-electron chi connectivity index (χ4n) is 1.35. The van der Waals surface area contributed by atoms with Crippen molar-refractivity contribution < 1.29 is 15.3 Å². The van der Waals surface area contributed by atoms with Crippen molar-refractivity contribution in [3.63, 3.8) is 0 Å². The van der Waals surface area contributed by atoms with Crippen LogP contribution in [0, 0.1) is 10.7 Å². The van der Waals surface area contributed by atoms with E-state index in [9.17, 15) is 0 Å². The molecule has 103 valence electrons. The number of benzene rings is 1. The summed E-state index contributed by atoms with van der Waals surface area (Å²) in [7, 11) is 0. The maximum atomic E-state index is 8.48. The normalized spacial score (nSPS) is 9.32. The van der Waals surface area contributed by atoms with Crippen molar-refractivity contribution in [2.24, 2.45) is 0 Å². The van der Waals surface area contributed by atoms with Gasteiger partial charge in [-0.3, -0.25) is 4.90 Å². The Morgan fingerprint density at radius 3 is 1.74 bits per heavy atom. The second-order valence-electron chi connectivity index (χ2n) is 3.63. The summed E-state index contributed by atoms with van der Waals surface area (Å²) in [4.78, 5) is 1.79. The molecule has 0 atom stereocenters. The molecule has 3 N–H and O–H groups in total. The first-order valence-corrected chi connectivity index (χ1v) is 7.11. The molecule has 0 unspecified atom stereocenters. The van der Waals surface area contributed by atoms with Crippen LogP contribution >= 0.6 is 0 Å². The van der Waals surface area contributed by atoms with Crippen molar-refractivity contribution in [2.75, 3.05) is 39.5 Å². The quantitative estimate of drug-likeness (QED) is 0.485. The number of aliphatic hydroxyl groups excluding tert-OH is 3. The van der Waals surface area contributed by atoms with Crippen LogP contribution in [0.4, 0.5) is 0 Å². The van der Waals surface area contributed by atoms with Gasteiger partial charge in [-0.25, -0.2) is 0 Å². The van der Waals surface area contributed by atoms with Crippen LogP contribution < -0.4 is 0 Å². The van der Waals surface area contributed by atoms with Gasteiger partial charge in [0, 0.05) is 19.6 Å². The van der Waals surface area contributed by atoms with Gasteiger partial charge in [0.15, 0.2) is 0 Å². The van der Waals surface area contributed by atoms with Crippen LogP contribution in [0.5, 0.6) is 0 Å². The monoisotopic (exact) mass is 324 g/mol. The van der Waals surface area contributed by atoms with Crippen molar-refractivity contribution >= 4 is 16.5 Å². The average molecular weight is 323 g/mol. The second kappa shape index (κ2) is 13.6. The molecular weight excluding hydrogens is 303 g/mol. The standard InChI is InChI=1S/C8H5Ge.C6H15NO3/c9-7-6-8-4-2-1-3-5-8;8-4-1-7(2-5-9)3-6-10/h1-5H;8-10H,1-6H2. The van der Waals surface area contributed by atoms with E-state index < -0.39 is 0 Å². The summed E-state index contributed by atoms with van der Waals surface area (Å²) in [6.45, 7) is 1.75. The van der Waals surface area contributed by atoms with Crippen molar-refractivity contribution in [3.05, 3.63) is 35.9 Å². The van der Waals surface area contributed by atoms with Gasteiger partial charge in [-0.05, 0) is 0 Å². The molecule has 4 nitrogen and oxygen atoms in total. The van der Waals surface area contributed by atoms with Gasteiger partial charge in [0.25, 0.3) is 0 Å². The molecule has 0 spiro atoms. The van der Waals surface area contributed by atoms with Crippen LogP contribution in [0.25, 0.3) is 0 Å². The molecule has 0 aliphatic rings. The van der Waals surface area contributed by atoms with Gasteiger partial charge in [-0.15, -0.1) is 0 Å². The van der Waals surface area contributed by atoms with Gasteiger partial charge in [0.2, 0.25) is 0 Å². The molecule has 3 radical (unpaired) electrons. The molecular formula is C14H20GeNO3. The van der Waals surface area contributed by atoms with Crippen LogP contribution in [-0.2, 0) is 0 Å². The Kier molecular flexibility index (Phi) is 13.0. The van der Waals surface area contributed by atoms with Crippen molar-refractivity contribution in [2.45, 2.75) is 0 Å². The van der Waals surface area contributed by atoms with E-state index in [0.717, 1.165) is 5.56 Å². The fraction of sp³-hybridized carbons (Fsp3) is 0.429. The van der Waals surface area contributed by atoms with Crippen LogP contribution in [0.2, 0.25) is 0 Å². The SMILES string of the molecule is OCCN(CCO)CCO.[Ge][C]#Cc1ccccc1. The molecule has 0 amide bonds. The van der Waals surface area contributed by atoms with Gasteiger partial charge >= 0.3 is 63.1 Å². The molecule has 0 saturated heterocycles. The van der Waals surface area contributed by atoms with Crippen molar-refractivity contribution in [1.82, 2.24) is 4.90 Å². The minimum atomic E-state index is 0.0694. The Hall–Kier alpha value is -0.837. The maximum absolute atomic E-state index is 8.48. The summed E-state index contributed by atoms with van der Waals surface area (Å²) in [5.41, 5.74) is 1.08. The Balaban J connectivity index is 0.000000342. The number of rotatable bonds is 6. The molecule has 0 saturated carbocycles. The van der Waals surface area contributed by atoms with Crippen molar-refractivity contribution in [1.29, 1.82) is 0 Å². The van der Waals surface area contributed by atoms with E-state index >= 15 is 0 Å². The second-order valence-corrected chi connectivity index (χ2v) is 4.15. The molecule has 1 rings (SSSR count). The van der Waals surface area contributed by atoms with Crippen molar-refractivity contribution in [3.8, 4) is 10.7 Å². The molecule has 0 aromatic heterocycles. The third-order valence-corrected chi connectivity index (χ3v) is 2.49. The molecule has 0 fully saturated rings. The zero-order valence-corrected chi connectivity index (χ0v) is 13.0. The van der Waals surface area contributed by atoms with Gasteiger partial charge in [-0.1, -0.05) is 0 Å². The molecule has 0 bridgehead atoms. The Morgan fingerprint density at radius 1 is 0.895 bits per heavy atom. The van der Waals surface area contributed by atoms with E-state index in [1.165, 1.54) is 0 Å². The molecule has 1 aromatic carbocycles. The number of nitrogens with zero attached hydrogens (tertiary/aromatic N) is 1. The van der Waals surface area contributed by atoms with Crippen LogP contribution in [0.1, 0.15) is 5.56 Å². The summed E-state index contributed by atoms with van der Waals surface area (Å²) >= 11 is 1.84. The molecule has 1 aromatic rings. The average Bonchev–Trinajstić information content (AvgIpc) is 2.42. The van der Waals surface area contributed by atoms with Crippen LogP contribution in [0.3, 0.4) is 0 Å². The van der Waals surface area contributed by atoms with Gasteiger partial charge < -0.3 is 15.3 Å². The fourth-order valence-corrected chi connectivity index (χ4v) is 1.66. The Bertz CT molecular complexity index is 348. The number of hydrogen-bond acceptors (Lipinski definition) is 4. The van der Waals surface area contributed by atoms with E-state index in [1.54, 1.807) is 4.90 Å². The summed E-state index contributed by atoms with van der Waals surface area (Å²) in [5, 5.41) is 25.5. The predicted octanol–water partition coefficient (Wildman–Crippen LogP) is -0.571. The van der Waals surface area contributed by atoms with E-state index in [4.69, 9.17) is 15.3 Å². The molecule has 0 aliphatic carbocycles. The summed E-state index contributed by atoms with van der Waals surface area (Å²) in [5.74, 6) is 2.96. The predicted molar refractivity (Wildman–Crippen MR) is 76.8 cm³/mol. The molecule has 0 aliphatic heterocycles.